The van der Waals surface area contributed by atoms with Gasteiger partial charge in [0.25, 0.3) is 0 Å². The van der Waals surface area contributed by atoms with E-state index in [1.165, 1.54) is 66.3 Å². The largest absolute Gasteiger partial charge is 1.00 e. The molecule has 0 amide bonds. The van der Waals surface area contributed by atoms with Crippen LogP contribution >= 0.6 is 15.8 Å². The summed E-state index contributed by atoms with van der Waals surface area (Å²) in [6, 6.07) is 62.5. The zero-order valence-electron chi connectivity index (χ0n) is 36.1. The van der Waals surface area contributed by atoms with Crippen LogP contribution in [0.3, 0.4) is 0 Å². The molecule has 0 radical (unpaired) electrons. The molecular weight excluding hydrogens is 1080 g/mol. The summed E-state index contributed by atoms with van der Waals surface area (Å²) in [7, 11) is -1.65. The van der Waals surface area contributed by atoms with Crippen molar-refractivity contribution >= 4 is 31.8 Å². The monoisotopic (exact) mass is 1130 g/mol. The molecule has 7 aromatic carbocycles. The van der Waals surface area contributed by atoms with Crippen molar-refractivity contribution in [2.75, 3.05) is 5.90 Å². The van der Waals surface area contributed by atoms with Gasteiger partial charge in [-0.1, -0.05) is 168 Å². The molecule has 7 aromatic rings. The molecule has 0 fully saturated rings. The van der Waals surface area contributed by atoms with Gasteiger partial charge in [-0.3, -0.25) is 11.8 Å². The second-order valence-electron chi connectivity index (χ2n) is 16.4. The van der Waals surface area contributed by atoms with Crippen molar-refractivity contribution in [3.8, 4) is 34.1 Å². The van der Waals surface area contributed by atoms with Gasteiger partial charge < -0.3 is 12.8 Å². The Hall–Kier alpha value is -4.78. The molecule has 0 aliphatic heterocycles. The fourth-order valence-corrected chi connectivity index (χ4v) is 15.8. The summed E-state index contributed by atoms with van der Waals surface area (Å²) in [5, 5.41) is 4.45. The first kappa shape index (κ1) is 49.2. The van der Waals surface area contributed by atoms with Crippen molar-refractivity contribution in [1.29, 1.82) is 0 Å². The Bertz CT molecular complexity index is 2730. The van der Waals surface area contributed by atoms with Crippen LogP contribution in [0.25, 0.3) is 22.3 Å². The Kier molecular flexibility index (Phi) is 17.8. The zero-order valence-corrected chi connectivity index (χ0v) is 41.8. The normalized spacial score (nSPS) is 13.4. The van der Waals surface area contributed by atoms with E-state index in [0.717, 1.165) is 11.1 Å². The average Bonchev–Trinajstić information content (AvgIpc) is 3.68. The SMILES string of the molecule is C=C/C=C\C=C\[PH+](C[PH+](c1ccccc1)c1ccccc1)c1ccccc1.[Ag+].[Au+].[C-]#Cc1ccc2c(c1)-c1ccccc1C2(C)C.[C-]#Cc1ccc2c(c1)C(C)(C)c1ccccc1-2. The first-order chi connectivity index (χ1) is 29.7. The molecule has 0 saturated carbocycles. The summed E-state index contributed by atoms with van der Waals surface area (Å²) in [5.74, 6) is 8.59. The number of rotatable bonds is 8. The first-order valence-corrected chi connectivity index (χ1v) is 24.3. The topological polar surface area (TPSA) is 0 Å². The van der Waals surface area contributed by atoms with E-state index >= 15 is 0 Å². The summed E-state index contributed by atoms with van der Waals surface area (Å²) in [5.41, 5.74) is 12.3. The van der Waals surface area contributed by atoms with E-state index in [-0.39, 0.29) is 55.6 Å². The predicted molar refractivity (Wildman–Crippen MR) is 269 cm³/mol. The number of fused-ring (bicyclic) bond motifs is 6. The molecule has 4 heteroatoms. The second kappa shape index (κ2) is 22.7. The van der Waals surface area contributed by atoms with Crippen LogP contribution in [0.5, 0.6) is 0 Å². The van der Waals surface area contributed by atoms with E-state index in [0.29, 0.717) is 0 Å². The summed E-state index contributed by atoms with van der Waals surface area (Å²) >= 11 is 0. The Morgan fingerprint density at radius 1 is 0.476 bits per heavy atom. The van der Waals surface area contributed by atoms with Crippen LogP contribution < -0.4 is 15.9 Å². The molecule has 0 saturated heterocycles. The number of hydrogen-bond acceptors (Lipinski definition) is 0. The Labute approximate surface area is 410 Å². The Balaban J connectivity index is 0.000000182. The van der Waals surface area contributed by atoms with Gasteiger partial charge in [0.2, 0.25) is 0 Å². The van der Waals surface area contributed by atoms with E-state index in [2.05, 4.69) is 228 Å². The standard InChI is InChI=1S/C25H24P2.2C17H13.Ag.Au/c1-2-3-4-14-21-26(23-15-8-5-9-16-23)22-27(24-17-10-6-11-18-24)25-19-12-7-13-20-25;1-4-12-9-10-16-14(11-12)13-7-5-6-8-15(13)17(16,2)3;1-4-12-9-10-14-13-7-5-6-8-15(13)17(2,3)16(14)11-12;;/h2-21H,1,22H2;2*5-11H,2-3H3;;/q;2*-1;2*+1/p+2/b4-3-,21-14+;;;;. The van der Waals surface area contributed by atoms with Crippen molar-refractivity contribution in [3.63, 3.8) is 0 Å². The minimum absolute atomic E-state index is 0. The van der Waals surface area contributed by atoms with Gasteiger partial charge in [0.05, 0.1) is 19.0 Å². The molecule has 2 aliphatic carbocycles. The van der Waals surface area contributed by atoms with E-state index in [4.69, 9.17) is 12.8 Å². The molecule has 0 aromatic heterocycles. The van der Waals surface area contributed by atoms with Gasteiger partial charge >= 0.3 is 44.8 Å². The van der Waals surface area contributed by atoms with Crippen molar-refractivity contribution < 1.29 is 44.8 Å². The number of allylic oxidation sites excluding steroid dienone is 4. The molecule has 0 spiro atoms. The summed E-state index contributed by atoms with van der Waals surface area (Å²) in [6.07, 6.45) is 22.6. The maximum atomic E-state index is 7.25. The number of benzene rings is 7. The van der Waals surface area contributed by atoms with Gasteiger partial charge in [-0.25, -0.2) is 0 Å². The van der Waals surface area contributed by atoms with Crippen LogP contribution in [0.4, 0.5) is 0 Å². The average molecular weight is 1130 g/mol. The van der Waals surface area contributed by atoms with Crippen molar-refractivity contribution in [2.24, 2.45) is 0 Å². The third kappa shape index (κ3) is 11.1. The van der Waals surface area contributed by atoms with Crippen LogP contribution in [0.2, 0.25) is 0 Å². The van der Waals surface area contributed by atoms with Crippen LogP contribution in [0.15, 0.2) is 213 Å². The zero-order chi connectivity index (χ0) is 42.8. The fraction of sp³-hybridized carbons (Fsp3) is 0.119. The summed E-state index contributed by atoms with van der Waals surface area (Å²) in [6.45, 7) is 12.7. The van der Waals surface area contributed by atoms with Crippen molar-refractivity contribution in [2.45, 2.75) is 38.5 Å². The molecule has 318 valence electrons. The van der Waals surface area contributed by atoms with Crippen LogP contribution in [0, 0.1) is 24.7 Å². The van der Waals surface area contributed by atoms with Crippen LogP contribution in [-0.2, 0) is 55.6 Å². The minimum atomic E-state index is -0.838. The van der Waals surface area contributed by atoms with Gasteiger partial charge in [0.1, 0.15) is 18.5 Å². The maximum Gasteiger partial charge on any atom is 1.00 e. The quantitative estimate of drug-likeness (QED) is 0.0468. The van der Waals surface area contributed by atoms with Gasteiger partial charge in [-0.05, 0) is 87.0 Å². The molecule has 2 aliphatic rings. The first-order valence-electron chi connectivity index (χ1n) is 20.9. The van der Waals surface area contributed by atoms with Gasteiger partial charge in [-0.2, -0.15) is 0 Å². The van der Waals surface area contributed by atoms with Crippen LogP contribution in [0.1, 0.15) is 61.1 Å². The van der Waals surface area contributed by atoms with E-state index in [9.17, 15) is 0 Å². The molecule has 0 N–H and O–H groups in total. The molecule has 1 atom stereocenters. The van der Waals surface area contributed by atoms with E-state index in [1.54, 1.807) is 0 Å². The second-order valence-corrected chi connectivity index (χ2v) is 21.9. The molecular formula is C59H52AgAuP2+2. The van der Waals surface area contributed by atoms with Gasteiger partial charge in [0.15, 0.2) is 5.90 Å². The molecule has 0 bridgehead atoms. The van der Waals surface area contributed by atoms with Gasteiger partial charge in [0, 0.05) is 10.8 Å². The third-order valence-electron chi connectivity index (χ3n) is 11.9. The molecule has 0 nitrogen and oxygen atoms in total. The molecule has 9 rings (SSSR count). The number of hydrogen-bond donors (Lipinski definition) is 0. The van der Waals surface area contributed by atoms with E-state index in [1.807, 2.05) is 24.3 Å². The van der Waals surface area contributed by atoms with E-state index < -0.39 is 15.8 Å². The summed E-state index contributed by atoms with van der Waals surface area (Å²) < 4.78 is 0. The van der Waals surface area contributed by atoms with Crippen molar-refractivity contribution in [1.82, 2.24) is 0 Å². The summed E-state index contributed by atoms with van der Waals surface area (Å²) in [4.78, 5) is 0. The third-order valence-corrected chi connectivity index (χ3v) is 18.5. The molecule has 1 unspecified atom stereocenters. The Morgan fingerprint density at radius 3 is 1.44 bits per heavy atom. The van der Waals surface area contributed by atoms with Crippen LogP contribution in [-0.4, -0.2) is 5.90 Å². The molecule has 0 heterocycles. The Morgan fingerprint density at radius 2 is 0.905 bits per heavy atom. The minimum Gasteiger partial charge on any atom is -0.366 e. The van der Waals surface area contributed by atoms with Gasteiger partial charge in [-0.15, -0.1) is 35.4 Å². The van der Waals surface area contributed by atoms with Crippen molar-refractivity contribution in [3.05, 3.63) is 259 Å². The maximum absolute atomic E-state index is 7.25. The smallest absolute Gasteiger partial charge is 0.366 e. The predicted octanol–water partition coefficient (Wildman–Crippen LogP) is 13.5. The fourth-order valence-electron chi connectivity index (χ4n) is 8.64. The molecule has 63 heavy (non-hydrogen) atoms.